The number of fused-ring (bicyclic) bond motifs is 1. The van der Waals surface area contributed by atoms with Crippen LogP contribution >= 0.6 is 0 Å². The second kappa shape index (κ2) is 9.33. The van der Waals surface area contributed by atoms with Crippen molar-refractivity contribution in [1.29, 1.82) is 0 Å². The average molecular weight is 433 g/mol. The minimum absolute atomic E-state index is 0.111. The number of aryl methyl sites for hydroxylation is 1. The van der Waals surface area contributed by atoms with E-state index in [0.29, 0.717) is 5.56 Å². The van der Waals surface area contributed by atoms with Crippen molar-refractivity contribution in [3.63, 3.8) is 0 Å². The summed E-state index contributed by atoms with van der Waals surface area (Å²) in [4.78, 5) is 22.3. The van der Waals surface area contributed by atoms with Crippen molar-refractivity contribution < 1.29 is 9.53 Å². The molecule has 2 aliphatic heterocycles. The minimum Gasteiger partial charge on any atom is -0.489 e. The van der Waals surface area contributed by atoms with Crippen LogP contribution in [0.5, 0.6) is 5.75 Å². The normalized spacial score (nSPS) is 18.2. The zero-order valence-corrected chi connectivity index (χ0v) is 18.9. The third-order valence-corrected chi connectivity index (χ3v) is 6.83. The van der Waals surface area contributed by atoms with Crippen molar-refractivity contribution in [2.75, 3.05) is 26.2 Å². The lowest BCUT2D eigenvalue weighted by Crippen LogP contribution is -2.39. The van der Waals surface area contributed by atoms with Crippen molar-refractivity contribution >= 4 is 16.9 Å². The Kier molecular flexibility index (Phi) is 6.12. The summed E-state index contributed by atoms with van der Waals surface area (Å²) in [6.07, 6.45) is 5.46. The second-order valence-corrected chi connectivity index (χ2v) is 9.02. The number of hydrogen-bond acceptors (Lipinski definition) is 4. The predicted octanol–water partition coefficient (Wildman–Crippen LogP) is 4.24. The number of rotatable bonds is 5. The fraction of sp³-hybridized carbons (Fsp3) is 0.462. The Morgan fingerprint density at radius 2 is 1.69 bits per heavy atom. The van der Waals surface area contributed by atoms with E-state index in [-0.39, 0.29) is 12.0 Å². The molecule has 0 radical (unpaired) electrons. The summed E-state index contributed by atoms with van der Waals surface area (Å²) in [6.45, 7) is 4.50. The van der Waals surface area contributed by atoms with Crippen LogP contribution in [-0.4, -0.2) is 57.5 Å². The molecule has 2 aliphatic rings. The molecular weight excluding hydrogens is 400 g/mol. The van der Waals surface area contributed by atoms with Crippen molar-refractivity contribution in [3.05, 3.63) is 59.9 Å². The van der Waals surface area contributed by atoms with E-state index in [9.17, 15) is 4.79 Å². The fourth-order valence-corrected chi connectivity index (χ4v) is 4.92. The first-order chi connectivity index (χ1) is 15.7. The number of likely N-dealkylation sites (tertiary alicyclic amines) is 2. The molecule has 6 heteroatoms. The number of hydrogen-bond donors (Lipinski definition) is 0. The summed E-state index contributed by atoms with van der Waals surface area (Å²) in [6, 6.07) is 16.0. The van der Waals surface area contributed by atoms with Crippen LogP contribution < -0.4 is 4.74 Å². The fourth-order valence-electron chi connectivity index (χ4n) is 4.92. The first-order valence-electron chi connectivity index (χ1n) is 11.9. The Balaban J connectivity index is 1.20. The van der Waals surface area contributed by atoms with Crippen LogP contribution in [0.3, 0.4) is 0 Å². The molecule has 3 aromatic rings. The zero-order valence-electron chi connectivity index (χ0n) is 18.9. The van der Waals surface area contributed by atoms with Gasteiger partial charge in [-0.3, -0.25) is 9.69 Å². The number of benzene rings is 2. The van der Waals surface area contributed by atoms with Crippen LogP contribution in [0.25, 0.3) is 11.0 Å². The summed E-state index contributed by atoms with van der Waals surface area (Å²) in [5, 5.41) is 0. The molecule has 0 atom stereocenters. The van der Waals surface area contributed by atoms with Gasteiger partial charge in [-0.25, -0.2) is 4.98 Å². The van der Waals surface area contributed by atoms with E-state index in [1.165, 1.54) is 11.9 Å². The van der Waals surface area contributed by atoms with E-state index in [1.54, 1.807) is 0 Å². The Labute approximate surface area is 189 Å². The number of imidazole rings is 1. The molecular formula is C26H32N4O2. The van der Waals surface area contributed by atoms with Crippen LogP contribution in [0.2, 0.25) is 0 Å². The topological polar surface area (TPSA) is 50.6 Å². The van der Waals surface area contributed by atoms with Gasteiger partial charge in [-0.2, -0.15) is 0 Å². The van der Waals surface area contributed by atoms with E-state index < -0.39 is 0 Å². The molecule has 0 bridgehead atoms. The van der Waals surface area contributed by atoms with Gasteiger partial charge in [0.2, 0.25) is 0 Å². The maximum absolute atomic E-state index is 13.1. The average Bonchev–Trinajstić information content (AvgIpc) is 3.16. The number of aromatic nitrogens is 2. The van der Waals surface area contributed by atoms with Gasteiger partial charge in [0.1, 0.15) is 17.7 Å². The van der Waals surface area contributed by atoms with Crippen molar-refractivity contribution in [2.45, 2.75) is 44.8 Å². The third-order valence-electron chi connectivity index (χ3n) is 6.83. The van der Waals surface area contributed by atoms with Crippen molar-refractivity contribution in [2.24, 2.45) is 7.05 Å². The largest absolute Gasteiger partial charge is 0.489 e. The smallest absolute Gasteiger partial charge is 0.257 e. The van der Waals surface area contributed by atoms with Gasteiger partial charge in [0, 0.05) is 33.2 Å². The van der Waals surface area contributed by atoms with Gasteiger partial charge in [-0.15, -0.1) is 0 Å². The molecule has 2 fully saturated rings. The number of piperidine rings is 2. The first-order valence-corrected chi connectivity index (χ1v) is 11.9. The minimum atomic E-state index is 0.111. The lowest BCUT2D eigenvalue weighted by molar-refractivity contribution is 0.0701. The van der Waals surface area contributed by atoms with Gasteiger partial charge < -0.3 is 14.2 Å². The number of carbonyl (C=O) groups is 1. The predicted molar refractivity (Wildman–Crippen MR) is 126 cm³/mol. The molecule has 5 rings (SSSR count). The molecule has 6 nitrogen and oxygen atoms in total. The Bertz CT molecular complexity index is 1080. The summed E-state index contributed by atoms with van der Waals surface area (Å²) < 4.78 is 8.57. The van der Waals surface area contributed by atoms with E-state index in [1.807, 2.05) is 35.2 Å². The first kappa shape index (κ1) is 21.0. The molecule has 2 saturated heterocycles. The second-order valence-electron chi connectivity index (χ2n) is 9.02. The molecule has 32 heavy (non-hydrogen) atoms. The molecule has 2 aromatic carbocycles. The summed E-state index contributed by atoms with van der Waals surface area (Å²) >= 11 is 0. The van der Waals surface area contributed by atoms with E-state index in [2.05, 4.69) is 34.7 Å². The maximum atomic E-state index is 13.1. The van der Waals surface area contributed by atoms with Gasteiger partial charge in [0.25, 0.3) is 5.91 Å². The SMILES string of the molecule is Cn1c(CN2CCC(Oc3ccccc3C(=O)N3CCCCC3)CC2)nc2ccccc21. The molecule has 168 valence electrons. The number of amides is 1. The molecule has 0 N–H and O–H groups in total. The van der Waals surface area contributed by atoms with Crippen molar-refractivity contribution in [1.82, 2.24) is 19.4 Å². The monoisotopic (exact) mass is 432 g/mol. The highest BCUT2D eigenvalue weighted by Gasteiger charge is 2.25. The standard InChI is InChI=1S/C26H32N4O2/c1-28-23-11-5-4-10-22(23)27-25(28)19-29-17-13-20(14-18-29)32-24-12-6-3-9-21(24)26(31)30-15-7-2-8-16-30/h3-6,9-12,20H,2,7-8,13-19H2,1H3. The highest BCUT2D eigenvalue weighted by Crippen LogP contribution is 2.26. The number of para-hydroxylation sites is 3. The number of carbonyl (C=O) groups excluding carboxylic acids is 1. The number of nitrogens with zero attached hydrogens (tertiary/aromatic N) is 4. The Morgan fingerprint density at radius 1 is 0.969 bits per heavy atom. The quantitative estimate of drug-likeness (QED) is 0.605. The van der Waals surface area contributed by atoms with Crippen LogP contribution in [0, 0.1) is 0 Å². The summed E-state index contributed by atoms with van der Waals surface area (Å²) in [5.74, 6) is 1.94. The van der Waals surface area contributed by atoms with Crippen LogP contribution in [0.15, 0.2) is 48.5 Å². The maximum Gasteiger partial charge on any atom is 0.257 e. The van der Waals surface area contributed by atoms with Crippen LogP contribution in [0.4, 0.5) is 0 Å². The Morgan fingerprint density at radius 3 is 2.47 bits per heavy atom. The molecule has 1 aromatic heterocycles. The van der Waals surface area contributed by atoms with Crippen LogP contribution in [0.1, 0.15) is 48.3 Å². The van der Waals surface area contributed by atoms with Crippen molar-refractivity contribution in [3.8, 4) is 5.75 Å². The van der Waals surface area contributed by atoms with E-state index >= 15 is 0 Å². The molecule has 0 unspecified atom stereocenters. The van der Waals surface area contributed by atoms with Crippen LogP contribution in [-0.2, 0) is 13.6 Å². The third kappa shape index (κ3) is 4.37. The Hall–Kier alpha value is -2.86. The summed E-state index contributed by atoms with van der Waals surface area (Å²) in [7, 11) is 2.09. The van der Waals surface area contributed by atoms with Gasteiger partial charge in [0.15, 0.2) is 0 Å². The van der Waals surface area contributed by atoms with E-state index in [4.69, 9.17) is 9.72 Å². The molecule has 0 spiro atoms. The summed E-state index contributed by atoms with van der Waals surface area (Å²) in [5.41, 5.74) is 2.94. The van der Waals surface area contributed by atoms with Gasteiger partial charge in [-0.1, -0.05) is 24.3 Å². The molecule has 0 aliphatic carbocycles. The molecule has 3 heterocycles. The van der Waals surface area contributed by atoms with Gasteiger partial charge >= 0.3 is 0 Å². The lowest BCUT2D eigenvalue weighted by atomic mass is 10.1. The zero-order chi connectivity index (χ0) is 21.9. The van der Waals surface area contributed by atoms with Gasteiger partial charge in [-0.05, 0) is 56.4 Å². The van der Waals surface area contributed by atoms with Gasteiger partial charge in [0.05, 0.1) is 23.1 Å². The molecule has 1 amide bonds. The highest BCUT2D eigenvalue weighted by atomic mass is 16.5. The highest BCUT2D eigenvalue weighted by molar-refractivity contribution is 5.97. The lowest BCUT2D eigenvalue weighted by Gasteiger charge is -2.32. The number of ether oxygens (including phenoxy) is 1. The van der Waals surface area contributed by atoms with E-state index in [0.717, 1.165) is 75.5 Å². The molecule has 0 saturated carbocycles.